The zero-order valence-corrected chi connectivity index (χ0v) is 14.2. The summed E-state index contributed by atoms with van der Waals surface area (Å²) in [6.45, 7) is 4.91. The Morgan fingerprint density at radius 2 is 2.05 bits per heavy atom. The Balaban J connectivity index is 1.89. The molecule has 1 unspecified atom stereocenters. The Kier molecular flexibility index (Phi) is 3.93. The van der Waals surface area contributed by atoms with Gasteiger partial charge in [-0.1, -0.05) is 24.3 Å². The van der Waals surface area contributed by atoms with E-state index in [1.54, 1.807) is 0 Å². The van der Waals surface area contributed by atoms with Crippen LogP contribution in [0.1, 0.15) is 35.9 Å². The lowest BCUT2D eigenvalue weighted by Gasteiger charge is -2.33. The topological polar surface area (TPSA) is 38.0 Å². The fourth-order valence-electron chi connectivity index (χ4n) is 3.28. The van der Waals surface area contributed by atoms with Gasteiger partial charge in [0.15, 0.2) is 0 Å². The quantitative estimate of drug-likeness (QED) is 0.922. The van der Waals surface area contributed by atoms with Crippen molar-refractivity contribution in [3.05, 3.63) is 51.3 Å². The average Bonchev–Trinajstić information content (AvgIpc) is 2.74. The van der Waals surface area contributed by atoms with E-state index >= 15 is 0 Å². The Morgan fingerprint density at radius 3 is 2.76 bits per heavy atom. The normalized spacial score (nSPS) is 21.3. The van der Waals surface area contributed by atoms with Gasteiger partial charge in [0.25, 0.3) is 0 Å². The third kappa shape index (κ3) is 2.79. The molecule has 0 amide bonds. The molecule has 0 saturated heterocycles. The minimum absolute atomic E-state index is 0.649. The summed E-state index contributed by atoms with van der Waals surface area (Å²) >= 11 is 3.63. The van der Waals surface area contributed by atoms with Gasteiger partial charge in [-0.25, -0.2) is 0 Å². The number of fused-ring (bicyclic) bond motifs is 1. The van der Waals surface area contributed by atoms with Gasteiger partial charge >= 0.3 is 0 Å². The van der Waals surface area contributed by atoms with Gasteiger partial charge < -0.3 is 5.11 Å². The zero-order chi connectivity index (χ0) is 15.0. The van der Waals surface area contributed by atoms with Crippen molar-refractivity contribution in [2.75, 3.05) is 0 Å². The molecule has 1 aliphatic rings. The molecule has 0 fully saturated rings. The van der Waals surface area contributed by atoms with Gasteiger partial charge in [-0.3, -0.25) is 4.68 Å². The van der Waals surface area contributed by atoms with Crippen molar-refractivity contribution in [1.82, 2.24) is 9.78 Å². The van der Waals surface area contributed by atoms with Crippen molar-refractivity contribution in [2.45, 2.75) is 51.7 Å². The van der Waals surface area contributed by atoms with Crippen LogP contribution in [0.3, 0.4) is 0 Å². The van der Waals surface area contributed by atoms with E-state index in [0.717, 1.165) is 41.7 Å². The SMILES string of the molecule is CCn1nc(C)c(Br)c1CC1(O)CCc2ccccc2C1. The predicted octanol–water partition coefficient (Wildman–Crippen LogP) is 3.44. The number of hydrogen-bond acceptors (Lipinski definition) is 2. The molecule has 1 heterocycles. The monoisotopic (exact) mass is 348 g/mol. The first-order valence-corrected chi connectivity index (χ1v) is 8.32. The Morgan fingerprint density at radius 1 is 1.33 bits per heavy atom. The number of hydrogen-bond donors (Lipinski definition) is 1. The number of aliphatic hydroxyl groups is 1. The molecule has 1 atom stereocenters. The smallest absolute Gasteiger partial charge is 0.0746 e. The largest absolute Gasteiger partial charge is 0.389 e. The lowest BCUT2D eigenvalue weighted by atomic mass is 9.78. The Bertz CT molecular complexity index is 665. The molecule has 0 spiro atoms. The van der Waals surface area contributed by atoms with Crippen LogP contribution in [-0.4, -0.2) is 20.5 Å². The number of aromatic nitrogens is 2. The van der Waals surface area contributed by atoms with E-state index in [9.17, 15) is 5.11 Å². The molecule has 3 nitrogen and oxygen atoms in total. The van der Waals surface area contributed by atoms with Gasteiger partial charge in [0, 0.05) is 19.4 Å². The van der Waals surface area contributed by atoms with Gasteiger partial charge in [-0.05, 0) is 53.7 Å². The van der Waals surface area contributed by atoms with Crippen molar-refractivity contribution < 1.29 is 5.11 Å². The molecule has 21 heavy (non-hydrogen) atoms. The van der Waals surface area contributed by atoms with Crippen molar-refractivity contribution in [2.24, 2.45) is 0 Å². The highest BCUT2D eigenvalue weighted by Crippen LogP contribution is 2.33. The van der Waals surface area contributed by atoms with Crippen LogP contribution in [0.15, 0.2) is 28.7 Å². The van der Waals surface area contributed by atoms with E-state index in [-0.39, 0.29) is 0 Å². The summed E-state index contributed by atoms with van der Waals surface area (Å²) in [5.74, 6) is 0. The molecule has 2 aromatic rings. The highest BCUT2D eigenvalue weighted by atomic mass is 79.9. The van der Waals surface area contributed by atoms with Crippen LogP contribution in [0.2, 0.25) is 0 Å². The van der Waals surface area contributed by atoms with E-state index in [1.807, 2.05) is 11.6 Å². The maximum absolute atomic E-state index is 11.1. The summed E-state index contributed by atoms with van der Waals surface area (Å²) in [7, 11) is 0. The number of nitrogens with zero attached hydrogens (tertiary/aromatic N) is 2. The maximum Gasteiger partial charge on any atom is 0.0746 e. The van der Waals surface area contributed by atoms with Crippen molar-refractivity contribution >= 4 is 15.9 Å². The number of aryl methyl sites for hydroxylation is 3. The predicted molar refractivity (Wildman–Crippen MR) is 87.5 cm³/mol. The molecular weight excluding hydrogens is 328 g/mol. The lowest BCUT2D eigenvalue weighted by Crippen LogP contribution is -2.38. The van der Waals surface area contributed by atoms with Gasteiger partial charge in [0.05, 0.1) is 21.5 Å². The third-order valence-corrected chi connectivity index (χ3v) is 5.48. The lowest BCUT2D eigenvalue weighted by molar-refractivity contribution is 0.0247. The molecule has 112 valence electrons. The van der Waals surface area contributed by atoms with Crippen LogP contribution in [0, 0.1) is 6.92 Å². The number of benzene rings is 1. The molecule has 0 saturated carbocycles. The van der Waals surface area contributed by atoms with E-state index < -0.39 is 5.60 Å². The molecule has 1 aromatic heterocycles. The van der Waals surface area contributed by atoms with Crippen molar-refractivity contribution in [1.29, 1.82) is 0 Å². The molecule has 1 aromatic carbocycles. The van der Waals surface area contributed by atoms with Gasteiger partial charge in [-0.2, -0.15) is 5.10 Å². The average molecular weight is 349 g/mol. The fraction of sp³-hybridized carbons (Fsp3) is 0.471. The van der Waals surface area contributed by atoms with Crippen LogP contribution in [-0.2, 0) is 25.8 Å². The standard InChI is InChI=1S/C17H21BrN2O/c1-3-20-15(16(18)12(2)19-20)11-17(21)9-8-13-6-4-5-7-14(13)10-17/h4-7,21H,3,8-11H2,1-2H3. The molecular formula is C17H21BrN2O. The second-order valence-corrected chi connectivity index (χ2v) is 6.80. The summed E-state index contributed by atoms with van der Waals surface area (Å²) < 4.78 is 3.04. The molecule has 1 N–H and O–H groups in total. The first kappa shape index (κ1) is 14.8. The van der Waals surface area contributed by atoms with Gasteiger partial charge in [0.2, 0.25) is 0 Å². The van der Waals surface area contributed by atoms with Crippen LogP contribution >= 0.6 is 15.9 Å². The summed E-state index contributed by atoms with van der Waals surface area (Å²) in [6, 6.07) is 8.44. The molecule has 1 aliphatic carbocycles. The maximum atomic E-state index is 11.1. The van der Waals surface area contributed by atoms with E-state index in [1.165, 1.54) is 11.1 Å². The summed E-state index contributed by atoms with van der Waals surface area (Å²) in [5, 5.41) is 15.6. The molecule has 0 radical (unpaired) electrons. The zero-order valence-electron chi connectivity index (χ0n) is 12.6. The second kappa shape index (κ2) is 5.58. The Labute approximate surface area is 134 Å². The van der Waals surface area contributed by atoms with Crippen LogP contribution in [0.25, 0.3) is 0 Å². The summed E-state index contributed by atoms with van der Waals surface area (Å²) in [4.78, 5) is 0. The van der Waals surface area contributed by atoms with Crippen LogP contribution in [0.5, 0.6) is 0 Å². The summed E-state index contributed by atoms with van der Waals surface area (Å²) in [6.07, 6.45) is 3.13. The molecule has 0 bridgehead atoms. The molecule has 4 heteroatoms. The van der Waals surface area contributed by atoms with Gasteiger partial charge in [0.1, 0.15) is 0 Å². The molecule has 0 aliphatic heterocycles. The van der Waals surface area contributed by atoms with Crippen LogP contribution in [0.4, 0.5) is 0 Å². The molecule has 3 rings (SSSR count). The van der Waals surface area contributed by atoms with Gasteiger partial charge in [-0.15, -0.1) is 0 Å². The van der Waals surface area contributed by atoms with E-state index in [2.05, 4.69) is 52.2 Å². The first-order chi connectivity index (χ1) is 10.0. The van der Waals surface area contributed by atoms with Crippen molar-refractivity contribution in [3.8, 4) is 0 Å². The first-order valence-electron chi connectivity index (χ1n) is 7.53. The number of rotatable bonds is 3. The van der Waals surface area contributed by atoms with E-state index in [4.69, 9.17) is 0 Å². The summed E-state index contributed by atoms with van der Waals surface area (Å²) in [5.41, 5.74) is 4.09. The Hall–Kier alpha value is -1.13. The highest BCUT2D eigenvalue weighted by Gasteiger charge is 2.34. The number of halogens is 1. The fourth-order valence-corrected chi connectivity index (χ4v) is 3.71. The van der Waals surface area contributed by atoms with Crippen LogP contribution < -0.4 is 0 Å². The van der Waals surface area contributed by atoms with Crippen molar-refractivity contribution in [3.63, 3.8) is 0 Å². The van der Waals surface area contributed by atoms with E-state index in [0.29, 0.717) is 6.42 Å². The second-order valence-electron chi connectivity index (χ2n) is 6.01. The highest BCUT2D eigenvalue weighted by molar-refractivity contribution is 9.10. The minimum Gasteiger partial charge on any atom is -0.389 e. The third-order valence-electron chi connectivity index (χ3n) is 4.45. The minimum atomic E-state index is -0.670.